The molecule has 0 aliphatic carbocycles. The van der Waals surface area contributed by atoms with E-state index in [9.17, 15) is 13.2 Å². The maximum absolute atomic E-state index is 12.5. The van der Waals surface area contributed by atoms with E-state index in [0.29, 0.717) is 18.8 Å². The van der Waals surface area contributed by atoms with Crippen molar-refractivity contribution in [2.75, 3.05) is 13.1 Å². The molecule has 0 aromatic rings. The maximum atomic E-state index is 12.5. The SMILES string of the molecule is C=C/C(=C(\C)N=C)N1CCC(C(F)(F)F)CC1.CC.CC. The average molecular weight is 306 g/mol. The highest BCUT2D eigenvalue weighted by molar-refractivity contribution is 5.32. The third-order valence-electron chi connectivity index (χ3n) is 3.10. The molecule has 5 heteroatoms. The topological polar surface area (TPSA) is 15.6 Å². The Bertz CT molecular complexity index is 325. The van der Waals surface area contributed by atoms with Crippen LogP contribution >= 0.6 is 0 Å². The molecule has 1 aliphatic heterocycles. The zero-order chi connectivity index (χ0) is 17.1. The van der Waals surface area contributed by atoms with Crippen LogP contribution < -0.4 is 0 Å². The lowest BCUT2D eigenvalue weighted by atomic mass is 9.96. The van der Waals surface area contributed by atoms with Gasteiger partial charge in [0.15, 0.2) is 0 Å². The van der Waals surface area contributed by atoms with Crippen molar-refractivity contribution >= 4 is 6.72 Å². The van der Waals surface area contributed by atoms with Crippen molar-refractivity contribution in [3.8, 4) is 0 Å². The fourth-order valence-corrected chi connectivity index (χ4v) is 2.03. The minimum absolute atomic E-state index is 0.130. The molecule has 1 aliphatic rings. The van der Waals surface area contributed by atoms with E-state index in [1.54, 1.807) is 13.0 Å². The number of hydrogen-bond acceptors (Lipinski definition) is 2. The molecular formula is C16H29F3N2. The first-order chi connectivity index (χ1) is 9.90. The summed E-state index contributed by atoms with van der Waals surface area (Å²) in [4.78, 5) is 5.69. The summed E-state index contributed by atoms with van der Waals surface area (Å²) in [6.45, 7) is 17.6. The van der Waals surface area contributed by atoms with E-state index >= 15 is 0 Å². The smallest absolute Gasteiger partial charge is 0.370 e. The molecule has 0 aromatic carbocycles. The molecule has 2 nitrogen and oxygen atoms in total. The number of allylic oxidation sites excluding steroid dienone is 2. The van der Waals surface area contributed by atoms with Crippen LogP contribution in [0.1, 0.15) is 47.5 Å². The maximum Gasteiger partial charge on any atom is 0.391 e. The Morgan fingerprint density at radius 1 is 1.14 bits per heavy atom. The Morgan fingerprint density at radius 2 is 1.57 bits per heavy atom. The van der Waals surface area contributed by atoms with E-state index < -0.39 is 12.1 Å². The van der Waals surface area contributed by atoms with Gasteiger partial charge in [0.1, 0.15) is 0 Å². The van der Waals surface area contributed by atoms with E-state index in [0.717, 1.165) is 5.70 Å². The van der Waals surface area contributed by atoms with Crippen molar-refractivity contribution in [1.82, 2.24) is 4.90 Å². The van der Waals surface area contributed by atoms with Gasteiger partial charge in [0.2, 0.25) is 0 Å². The second-order valence-electron chi connectivity index (χ2n) is 4.14. The fourth-order valence-electron chi connectivity index (χ4n) is 2.03. The Kier molecular flexibility index (Phi) is 12.0. The minimum Gasteiger partial charge on any atom is -0.370 e. The predicted octanol–water partition coefficient (Wildman–Crippen LogP) is 5.43. The molecule has 0 bridgehead atoms. The van der Waals surface area contributed by atoms with Crippen LogP contribution in [0, 0.1) is 5.92 Å². The highest BCUT2D eigenvalue weighted by atomic mass is 19.4. The fraction of sp³-hybridized carbons (Fsp3) is 0.688. The van der Waals surface area contributed by atoms with Gasteiger partial charge >= 0.3 is 6.18 Å². The third kappa shape index (κ3) is 7.34. The van der Waals surface area contributed by atoms with E-state index in [2.05, 4.69) is 18.3 Å². The van der Waals surface area contributed by atoms with Crippen LogP contribution in [0.5, 0.6) is 0 Å². The molecule has 0 amide bonds. The summed E-state index contributed by atoms with van der Waals surface area (Å²) in [5, 5.41) is 0. The van der Waals surface area contributed by atoms with Crippen LogP contribution in [0.15, 0.2) is 29.0 Å². The van der Waals surface area contributed by atoms with Crippen molar-refractivity contribution in [3.63, 3.8) is 0 Å². The van der Waals surface area contributed by atoms with Crippen LogP contribution in [0.4, 0.5) is 13.2 Å². The van der Waals surface area contributed by atoms with Gasteiger partial charge in [-0.2, -0.15) is 13.2 Å². The minimum atomic E-state index is -4.07. The number of nitrogens with zero attached hydrogens (tertiary/aromatic N) is 2. The molecule has 1 rings (SSSR count). The molecule has 0 N–H and O–H groups in total. The molecule has 1 fully saturated rings. The summed E-state index contributed by atoms with van der Waals surface area (Å²) in [6.07, 6.45) is -2.19. The highest BCUT2D eigenvalue weighted by Gasteiger charge is 2.41. The van der Waals surface area contributed by atoms with Crippen LogP contribution in [0.3, 0.4) is 0 Å². The summed E-state index contributed by atoms with van der Waals surface area (Å²) in [5.74, 6) is -1.18. The summed E-state index contributed by atoms with van der Waals surface area (Å²) in [5.41, 5.74) is 1.48. The molecule has 0 aromatic heterocycles. The van der Waals surface area contributed by atoms with Crippen molar-refractivity contribution in [2.45, 2.75) is 53.6 Å². The van der Waals surface area contributed by atoms with Gasteiger partial charge in [-0.05, 0) is 32.6 Å². The largest absolute Gasteiger partial charge is 0.391 e. The van der Waals surface area contributed by atoms with E-state index in [1.807, 2.05) is 32.6 Å². The normalized spacial score (nSPS) is 16.7. The molecule has 0 saturated carbocycles. The molecule has 0 unspecified atom stereocenters. The molecule has 0 radical (unpaired) electrons. The summed E-state index contributed by atoms with van der Waals surface area (Å²) in [6, 6.07) is 0. The number of alkyl halides is 3. The lowest BCUT2D eigenvalue weighted by molar-refractivity contribution is -0.184. The molecule has 1 saturated heterocycles. The first-order valence-electron chi connectivity index (χ1n) is 7.51. The summed E-state index contributed by atoms with van der Waals surface area (Å²) >= 11 is 0. The number of hydrogen-bond donors (Lipinski definition) is 0. The Morgan fingerprint density at radius 3 is 1.86 bits per heavy atom. The van der Waals surface area contributed by atoms with E-state index in [4.69, 9.17) is 0 Å². The van der Waals surface area contributed by atoms with Gasteiger partial charge < -0.3 is 4.90 Å². The van der Waals surface area contributed by atoms with Crippen molar-refractivity contribution in [1.29, 1.82) is 0 Å². The van der Waals surface area contributed by atoms with Crippen LogP contribution in [0.25, 0.3) is 0 Å². The van der Waals surface area contributed by atoms with Gasteiger partial charge in [0.05, 0.1) is 17.3 Å². The zero-order valence-electron chi connectivity index (χ0n) is 13.9. The lowest BCUT2D eigenvalue weighted by Crippen LogP contribution is -2.38. The van der Waals surface area contributed by atoms with Crippen LogP contribution in [-0.2, 0) is 0 Å². The average Bonchev–Trinajstić information content (AvgIpc) is 2.51. The molecule has 124 valence electrons. The molecule has 1 heterocycles. The Labute approximate surface area is 127 Å². The molecule has 0 atom stereocenters. The van der Waals surface area contributed by atoms with Crippen LogP contribution in [-0.4, -0.2) is 30.9 Å². The van der Waals surface area contributed by atoms with Gasteiger partial charge in [-0.3, -0.25) is 4.99 Å². The number of halogens is 3. The van der Waals surface area contributed by atoms with Gasteiger partial charge in [-0.1, -0.05) is 34.3 Å². The van der Waals surface area contributed by atoms with Crippen molar-refractivity contribution < 1.29 is 13.2 Å². The van der Waals surface area contributed by atoms with Gasteiger partial charge in [0.25, 0.3) is 0 Å². The first-order valence-corrected chi connectivity index (χ1v) is 7.51. The third-order valence-corrected chi connectivity index (χ3v) is 3.10. The quantitative estimate of drug-likeness (QED) is 0.501. The lowest BCUT2D eigenvalue weighted by Gasteiger charge is -2.35. The summed E-state index contributed by atoms with van der Waals surface area (Å²) in [7, 11) is 0. The van der Waals surface area contributed by atoms with Gasteiger partial charge in [-0.25, -0.2) is 0 Å². The van der Waals surface area contributed by atoms with Gasteiger partial charge in [0, 0.05) is 13.1 Å². The monoisotopic (exact) mass is 306 g/mol. The standard InChI is InChI=1S/C12H17F3N2.2C2H6/c1-4-11(9(2)16-3)17-7-5-10(6-8-17)12(13,14)15;2*1-2/h4,10H,1,3,5-8H2,2H3;2*1-2H3/b11-9-;;. The van der Waals surface area contributed by atoms with E-state index in [1.165, 1.54) is 0 Å². The number of likely N-dealkylation sites (tertiary alicyclic amines) is 1. The van der Waals surface area contributed by atoms with Crippen LogP contribution in [0.2, 0.25) is 0 Å². The van der Waals surface area contributed by atoms with Crippen molar-refractivity contribution in [3.05, 3.63) is 24.0 Å². The number of rotatable bonds is 3. The predicted molar refractivity (Wildman–Crippen MR) is 85.5 cm³/mol. The first kappa shape index (κ1) is 22.0. The molecule has 0 spiro atoms. The number of aliphatic imine (C=N–C) groups is 1. The second kappa shape index (κ2) is 11.4. The zero-order valence-corrected chi connectivity index (χ0v) is 13.9. The number of piperidine rings is 1. The Hall–Kier alpha value is -1.26. The van der Waals surface area contributed by atoms with Crippen molar-refractivity contribution in [2.24, 2.45) is 10.9 Å². The Balaban J connectivity index is 0. The summed E-state index contributed by atoms with van der Waals surface area (Å²) < 4.78 is 37.5. The molecular weight excluding hydrogens is 277 g/mol. The van der Waals surface area contributed by atoms with E-state index in [-0.39, 0.29) is 12.8 Å². The molecule has 21 heavy (non-hydrogen) atoms. The van der Waals surface area contributed by atoms with Gasteiger partial charge in [-0.15, -0.1) is 0 Å². The second-order valence-corrected chi connectivity index (χ2v) is 4.14. The highest BCUT2D eigenvalue weighted by Crippen LogP contribution is 2.35.